The maximum atomic E-state index is 11.2. The fourth-order valence-corrected chi connectivity index (χ4v) is 2.10. The quantitative estimate of drug-likeness (QED) is 0.675. The van der Waals surface area contributed by atoms with Crippen LogP contribution in [0.2, 0.25) is 0 Å². The van der Waals surface area contributed by atoms with Gasteiger partial charge in [0.15, 0.2) is 0 Å². The van der Waals surface area contributed by atoms with Gasteiger partial charge in [-0.25, -0.2) is 0 Å². The Morgan fingerprint density at radius 3 is 1.71 bits per heavy atom. The van der Waals surface area contributed by atoms with Crippen LogP contribution < -0.4 is 9.47 Å². The summed E-state index contributed by atoms with van der Waals surface area (Å²) >= 11 is 0. The first-order chi connectivity index (χ1) is 9.65. The van der Waals surface area contributed by atoms with Crippen LogP contribution in [-0.4, -0.2) is 23.0 Å². The van der Waals surface area contributed by atoms with Gasteiger partial charge >= 0.3 is 17.9 Å². The largest absolute Gasteiger partial charge is 0.481 e. The molecular weight excluding hydrogens is 276 g/mol. The summed E-state index contributed by atoms with van der Waals surface area (Å²) in [5.41, 5.74) is 2.01. The molecule has 0 aliphatic carbocycles. The van der Waals surface area contributed by atoms with E-state index in [-0.39, 0.29) is 12.2 Å². The molecule has 0 aromatic heterocycles. The van der Waals surface area contributed by atoms with E-state index >= 15 is 0 Å². The van der Waals surface area contributed by atoms with Gasteiger partial charge in [0.25, 0.3) is 0 Å². The highest BCUT2D eigenvalue weighted by molar-refractivity contribution is 5.78. The van der Waals surface area contributed by atoms with Gasteiger partial charge in [-0.2, -0.15) is 0 Å². The molecule has 21 heavy (non-hydrogen) atoms. The van der Waals surface area contributed by atoms with Crippen molar-refractivity contribution < 1.29 is 29.0 Å². The molecule has 0 amide bonds. The molecule has 1 aromatic carbocycles. The molecule has 6 nitrogen and oxygen atoms in total. The molecule has 1 aromatic rings. The number of aliphatic carboxylic acids is 1. The van der Waals surface area contributed by atoms with Crippen LogP contribution in [0, 0.1) is 20.8 Å². The van der Waals surface area contributed by atoms with Crippen LogP contribution in [0.3, 0.4) is 0 Å². The van der Waals surface area contributed by atoms with E-state index in [1.54, 1.807) is 20.8 Å². The third-order valence-electron chi connectivity index (χ3n) is 3.13. The van der Waals surface area contributed by atoms with E-state index in [1.165, 1.54) is 13.8 Å². The predicted octanol–water partition coefficient (Wildman–Crippen LogP) is 2.09. The molecule has 0 atom stereocenters. The monoisotopic (exact) mass is 294 g/mol. The molecule has 0 saturated carbocycles. The fraction of sp³-hybridized carbons (Fsp3) is 0.400. The van der Waals surface area contributed by atoms with E-state index in [0.29, 0.717) is 28.0 Å². The molecule has 0 fully saturated rings. The Bertz CT molecular complexity index is 615. The van der Waals surface area contributed by atoms with Crippen molar-refractivity contribution in [1.82, 2.24) is 0 Å². The lowest BCUT2D eigenvalue weighted by Crippen LogP contribution is -2.14. The highest BCUT2D eigenvalue weighted by Gasteiger charge is 2.23. The molecule has 0 aliphatic heterocycles. The molecule has 0 radical (unpaired) electrons. The van der Waals surface area contributed by atoms with Crippen LogP contribution >= 0.6 is 0 Å². The third-order valence-corrected chi connectivity index (χ3v) is 3.13. The first-order valence-electron chi connectivity index (χ1n) is 6.36. The van der Waals surface area contributed by atoms with Gasteiger partial charge < -0.3 is 14.6 Å². The van der Waals surface area contributed by atoms with Crippen molar-refractivity contribution in [2.75, 3.05) is 0 Å². The van der Waals surface area contributed by atoms with Crippen molar-refractivity contribution in [2.45, 2.75) is 41.0 Å². The van der Waals surface area contributed by atoms with Crippen LogP contribution in [-0.2, 0) is 20.8 Å². The smallest absolute Gasteiger partial charge is 0.308 e. The molecule has 0 unspecified atom stereocenters. The van der Waals surface area contributed by atoms with Crippen LogP contribution in [0.1, 0.15) is 36.1 Å². The minimum Gasteiger partial charge on any atom is -0.481 e. The normalized spacial score (nSPS) is 10.1. The molecule has 1 rings (SSSR count). The van der Waals surface area contributed by atoms with Crippen LogP contribution in [0.25, 0.3) is 0 Å². The Morgan fingerprint density at radius 1 is 0.857 bits per heavy atom. The van der Waals surface area contributed by atoms with Crippen molar-refractivity contribution >= 4 is 17.9 Å². The molecule has 1 N–H and O–H groups in total. The number of carboxylic acids is 1. The lowest BCUT2D eigenvalue weighted by Gasteiger charge is -2.19. The second-order valence-electron chi connectivity index (χ2n) is 4.77. The van der Waals surface area contributed by atoms with Crippen molar-refractivity contribution in [3.63, 3.8) is 0 Å². The summed E-state index contributed by atoms with van der Waals surface area (Å²) < 4.78 is 10.3. The van der Waals surface area contributed by atoms with E-state index in [0.717, 1.165) is 0 Å². The first-order valence-corrected chi connectivity index (χ1v) is 6.36. The molecular formula is C15H18O6. The van der Waals surface area contributed by atoms with Gasteiger partial charge in [-0.15, -0.1) is 0 Å². The average Bonchev–Trinajstić information content (AvgIpc) is 2.35. The molecule has 0 saturated heterocycles. The van der Waals surface area contributed by atoms with Gasteiger partial charge in [-0.1, -0.05) is 0 Å². The second-order valence-corrected chi connectivity index (χ2v) is 4.77. The summed E-state index contributed by atoms with van der Waals surface area (Å²) in [5, 5.41) is 9.03. The number of carbonyl (C=O) groups is 3. The average molecular weight is 294 g/mol. The third kappa shape index (κ3) is 3.81. The van der Waals surface area contributed by atoms with Crippen molar-refractivity contribution in [2.24, 2.45) is 0 Å². The first kappa shape index (κ1) is 16.7. The maximum Gasteiger partial charge on any atom is 0.308 e. The van der Waals surface area contributed by atoms with E-state index in [4.69, 9.17) is 14.6 Å². The van der Waals surface area contributed by atoms with Crippen LogP contribution in [0.4, 0.5) is 0 Å². The summed E-state index contributed by atoms with van der Waals surface area (Å²) in [6.07, 6.45) is -0.330. The molecule has 0 heterocycles. The summed E-state index contributed by atoms with van der Waals surface area (Å²) in [6, 6.07) is 0. The Kier molecular flexibility index (Phi) is 5.07. The van der Waals surface area contributed by atoms with Crippen LogP contribution in [0.5, 0.6) is 11.5 Å². The number of esters is 2. The molecule has 114 valence electrons. The van der Waals surface area contributed by atoms with Gasteiger partial charge in [0.2, 0.25) is 0 Å². The summed E-state index contributed by atoms with van der Waals surface area (Å²) in [4.78, 5) is 33.5. The molecule has 6 heteroatoms. The zero-order valence-corrected chi connectivity index (χ0v) is 12.7. The summed E-state index contributed by atoms with van der Waals surface area (Å²) in [7, 11) is 0. The number of ether oxygens (including phenoxy) is 2. The molecule has 0 aliphatic rings. The Balaban J connectivity index is 3.60. The number of hydrogen-bond donors (Lipinski definition) is 1. The minimum atomic E-state index is -1.07. The van der Waals surface area contributed by atoms with E-state index < -0.39 is 17.9 Å². The Hall–Kier alpha value is -2.37. The Labute approximate surface area is 122 Å². The summed E-state index contributed by atoms with van der Waals surface area (Å²) in [6.45, 7) is 7.55. The standard InChI is InChI=1S/C15H18O6/c1-7-8(2)15(21-11(5)17)12(6-13(18)19)9(3)14(7)20-10(4)16/h6H2,1-5H3,(H,18,19). The van der Waals surface area contributed by atoms with Crippen molar-refractivity contribution in [3.05, 3.63) is 22.3 Å². The zero-order chi connectivity index (χ0) is 16.3. The Morgan fingerprint density at radius 2 is 1.29 bits per heavy atom. The maximum absolute atomic E-state index is 11.2. The fourth-order valence-electron chi connectivity index (χ4n) is 2.10. The van der Waals surface area contributed by atoms with Gasteiger partial charge in [-0.05, 0) is 37.5 Å². The van der Waals surface area contributed by atoms with Crippen molar-refractivity contribution in [1.29, 1.82) is 0 Å². The summed E-state index contributed by atoms with van der Waals surface area (Å²) in [5.74, 6) is -1.57. The second kappa shape index (κ2) is 6.39. The van der Waals surface area contributed by atoms with Crippen molar-refractivity contribution in [3.8, 4) is 11.5 Å². The van der Waals surface area contributed by atoms with E-state index in [9.17, 15) is 14.4 Å². The number of carbonyl (C=O) groups excluding carboxylic acids is 2. The molecule has 0 bridgehead atoms. The SMILES string of the molecule is CC(=O)Oc1c(C)c(C)c(OC(C)=O)c(CC(=O)O)c1C. The topological polar surface area (TPSA) is 89.9 Å². The predicted molar refractivity (Wildman–Crippen MR) is 74.6 cm³/mol. The van der Waals surface area contributed by atoms with E-state index in [2.05, 4.69) is 0 Å². The van der Waals surface area contributed by atoms with Gasteiger partial charge in [0.05, 0.1) is 6.42 Å². The van der Waals surface area contributed by atoms with Gasteiger partial charge in [0.1, 0.15) is 11.5 Å². The number of rotatable bonds is 4. The highest BCUT2D eigenvalue weighted by Crippen LogP contribution is 2.38. The lowest BCUT2D eigenvalue weighted by molar-refractivity contribution is -0.137. The van der Waals surface area contributed by atoms with Gasteiger partial charge in [0, 0.05) is 19.4 Å². The number of benzene rings is 1. The highest BCUT2D eigenvalue weighted by atomic mass is 16.5. The lowest BCUT2D eigenvalue weighted by atomic mass is 9.95. The minimum absolute atomic E-state index is 0.218. The molecule has 0 spiro atoms. The van der Waals surface area contributed by atoms with Crippen LogP contribution in [0.15, 0.2) is 0 Å². The number of hydrogen-bond acceptors (Lipinski definition) is 5. The van der Waals surface area contributed by atoms with Gasteiger partial charge in [-0.3, -0.25) is 14.4 Å². The zero-order valence-electron chi connectivity index (χ0n) is 12.7. The number of carboxylic acid groups (broad SMARTS) is 1. The van der Waals surface area contributed by atoms with E-state index in [1.807, 2.05) is 0 Å².